The first-order valence-corrected chi connectivity index (χ1v) is 11.1. The number of hydrogen-bond donors (Lipinski definition) is 4. The van der Waals surface area contributed by atoms with Crippen molar-refractivity contribution >= 4 is 17.5 Å². The van der Waals surface area contributed by atoms with E-state index < -0.39 is 0 Å². The van der Waals surface area contributed by atoms with Crippen LogP contribution in [0.2, 0.25) is 0 Å². The number of piperidine rings is 1. The van der Waals surface area contributed by atoms with Crippen LogP contribution in [0.1, 0.15) is 41.3 Å². The second-order valence-corrected chi connectivity index (χ2v) is 9.22. The molecule has 1 amide bonds. The highest BCUT2D eigenvalue weighted by atomic mass is 16.2. The van der Waals surface area contributed by atoms with E-state index in [1.807, 2.05) is 12.3 Å². The number of hydrazine groups is 1. The summed E-state index contributed by atoms with van der Waals surface area (Å²) in [6.45, 7) is 4.70. The van der Waals surface area contributed by atoms with Crippen LogP contribution in [0.25, 0.3) is 0 Å². The molecule has 2 fully saturated rings. The van der Waals surface area contributed by atoms with E-state index in [9.17, 15) is 4.79 Å². The molecule has 1 saturated heterocycles. The second-order valence-electron chi connectivity index (χ2n) is 9.22. The fourth-order valence-electron chi connectivity index (χ4n) is 4.85. The summed E-state index contributed by atoms with van der Waals surface area (Å²) in [5.74, 6) is 9.03. The van der Waals surface area contributed by atoms with Crippen molar-refractivity contribution in [2.75, 3.05) is 23.7 Å². The lowest BCUT2D eigenvalue weighted by molar-refractivity contribution is -0.118. The monoisotopic (exact) mass is 434 g/mol. The van der Waals surface area contributed by atoms with E-state index in [0.29, 0.717) is 12.4 Å². The summed E-state index contributed by atoms with van der Waals surface area (Å²) in [7, 11) is 0. The van der Waals surface area contributed by atoms with Gasteiger partial charge in [-0.15, -0.1) is 0 Å². The zero-order chi connectivity index (χ0) is 22.4. The molecule has 0 radical (unpaired) electrons. The maximum Gasteiger partial charge on any atom is 0.269 e. The van der Waals surface area contributed by atoms with Crippen molar-refractivity contribution in [3.63, 3.8) is 0 Å². The molecule has 1 aliphatic heterocycles. The lowest BCUT2D eigenvalue weighted by Crippen LogP contribution is -2.34. The topological polar surface area (TPSA) is 139 Å². The molecule has 0 bridgehead atoms. The minimum absolute atomic E-state index is 0.0582. The molecular weight excluding hydrogens is 404 g/mol. The lowest BCUT2D eigenvalue weighted by Gasteiger charge is -2.21. The minimum atomic E-state index is -0.354. The van der Waals surface area contributed by atoms with Crippen molar-refractivity contribution in [1.29, 1.82) is 0 Å². The van der Waals surface area contributed by atoms with Gasteiger partial charge in [-0.3, -0.25) is 4.79 Å². The number of pyridine rings is 2. The van der Waals surface area contributed by atoms with Crippen molar-refractivity contribution in [2.45, 2.75) is 38.8 Å². The third kappa shape index (κ3) is 4.08. The van der Waals surface area contributed by atoms with Crippen LogP contribution in [0.4, 0.5) is 11.6 Å². The molecule has 168 valence electrons. The van der Waals surface area contributed by atoms with Gasteiger partial charge in [0.2, 0.25) is 0 Å². The molecule has 0 spiro atoms. The Kier molecular flexibility index (Phi) is 5.13. The number of carbonyl (C=O) groups is 1. The third-order valence-electron chi connectivity index (χ3n) is 6.81. The van der Waals surface area contributed by atoms with Crippen LogP contribution < -0.4 is 27.5 Å². The first kappa shape index (κ1) is 20.6. The van der Waals surface area contributed by atoms with Gasteiger partial charge in [-0.25, -0.2) is 15.8 Å². The Hall–Kier alpha value is -3.33. The van der Waals surface area contributed by atoms with E-state index in [0.717, 1.165) is 66.0 Å². The van der Waals surface area contributed by atoms with Gasteiger partial charge in [-0.1, -0.05) is 6.07 Å². The van der Waals surface area contributed by atoms with Gasteiger partial charge in [0.15, 0.2) is 0 Å². The van der Waals surface area contributed by atoms with Crippen LogP contribution in [-0.2, 0) is 17.8 Å². The van der Waals surface area contributed by atoms with Crippen molar-refractivity contribution in [3.8, 4) is 0 Å². The fourth-order valence-corrected chi connectivity index (χ4v) is 4.85. The maximum atomic E-state index is 12.6. The number of aryl methyl sites for hydroxylation is 2. The summed E-state index contributed by atoms with van der Waals surface area (Å²) < 4.78 is 0. The van der Waals surface area contributed by atoms with Gasteiger partial charge in [-0.05, 0) is 66.8 Å². The Labute approximate surface area is 187 Å². The Morgan fingerprint density at radius 2 is 2.12 bits per heavy atom. The van der Waals surface area contributed by atoms with E-state index >= 15 is 0 Å². The van der Waals surface area contributed by atoms with Gasteiger partial charge in [0.05, 0.1) is 12.6 Å². The maximum absolute atomic E-state index is 12.6. The predicted octanol–water partition coefficient (Wildman–Crippen LogP) is 1.10. The summed E-state index contributed by atoms with van der Waals surface area (Å²) in [4.78, 5) is 23.9. The Morgan fingerprint density at radius 1 is 1.34 bits per heavy atom. The summed E-state index contributed by atoms with van der Waals surface area (Å²) in [5.41, 5.74) is 15.9. The van der Waals surface area contributed by atoms with Crippen molar-refractivity contribution in [3.05, 3.63) is 58.7 Å². The normalized spacial score (nSPS) is 23.6. The van der Waals surface area contributed by atoms with Crippen molar-refractivity contribution < 1.29 is 4.79 Å². The molecule has 2 unspecified atom stereocenters. The molecule has 2 aromatic heterocycles. The molecule has 3 atom stereocenters. The van der Waals surface area contributed by atoms with Gasteiger partial charge >= 0.3 is 0 Å². The molecule has 9 nitrogen and oxygen atoms in total. The number of fused-ring (bicyclic) bond motifs is 2. The quantitative estimate of drug-likeness (QED) is 0.301. The molecule has 3 aliphatic rings. The fraction of sp³-hybridized carbons (Fsp3) is 0.435. The minimum Gasteiger partial charge on any atom is -0.393 e. The van der Waals surface area contributed by atoms with Crippen LogP contribution in [0.5, 0.6) is 0 Å². The standard InChI is InChI=1S/C23H30N8O/c1-13-6-22(30-9-14-7-15(14)10-30)27-8-16(13)11-31(26)12-18(24)23(32)29-20-4-3-19-17(20)2-5-21(25)28-19/h2,5-6,8,12,14-15,20H,3-4,7,9-11,24,26H2,1H3,(H2,25,28)(H,29,32)/b18-12-/t14?,15?,20-/m1/s1. The number of nitrogens with two attached hydrogens (primary N) is 3. The third-order valence-corrected chi connectivity index (χ3v) is 6.81. The summed E-state index contributed by atoms with van der Waals surface area (Å²) in [6, 6.07) is 5.65. The smallest absolute Gasteiger partial charge is 0.269 e. The van der Waals surface area contributed by atoms with Gasteiger partial charge in [-0.2, -0.15) is 0 Å². The number of nitrogens with one attached hydrogen (secondary N) is 1. The van der Waals surface area contributed by atoms with E-state index in [1.54, 1.807) is 6.07 Å². The second kappa shape index (κ2) is 7.98. The molecule has 32 heavy (non-hydrogen) atoms. The zero-order valence-corrected chi connectivity index (χ0v) is 18.3. The summed E-state index contributed by atoms with van der Waals surface area (Å²) in [6.07, 6.45) is 6.25. The van der Waals surface area contributed by atoms with Gasteiger partial charge in [0.25, 0.3) is 5.91 Å². The molecule has 5 rings (SSSR count). The first-order chi connectivity index (χ1) is 15.4. The number of nitrogen functional groups attached to an aromatic ring is 1. The van der Waals surface area contributed by atoms with Gasteiger partial charge in [0.1, 0.15) is 17.3 Å². The molecule has 7 N–H and O–H groups in total. The van der Waals surface area contributed by atoms with Gasteiger partial charge < -0.3 is 26.7 Å². The van der Waals surface area contributed by atoms with Gasteiger partial charge in [0, 0.05) is 31.2 Å². The zero-order valence-electron chi connectivity index (χ0n) is 18.3. The summed E-state index contributed by atoms with van der Waals surface area (Å²) >= 11 is 0. The molecule has 2 aliphatic carbocycles. The van der Waals surface area contributed by atoms with E-state index in [2.05, 4.69) is 33.2 Å². The molecule has 1 saturated carbocycles. The number of aromatic nitrogens is 2. The lowest BCUT2D eigenvalue weighted by atomic mass is 10.1. The van der Waals surface area contributed by atoms with Crippen LogP contribution in [0.3, 0.4) is 0 Å². The van der Waals surface area contributed by atoms with Crippen molar-refractivity contribution in [2.24, 2.45) is 23.4 Å². The van der Waals surface area contributed by atoms with E-state index in [1.165, 1.54) is 17.6 Å². The Bertz CT molecular complexity index is 1070. The number of nitrogens with zero attached hydrogens (tertiary/aromatic N) is 4. The number of hydrogen-bond acceptors (Lipinski definition) is 8. The largest absolute Gasteiger partial charge is 0.393 e. The van der Waals surface area contributed by atoms with Crippen molar-refractivity contribution in [1.82, 2.24) is 20.3 Å². The van der Waals surface area contributed by atoms with Crippen LogP contribution in [0.15, 0.2) is 36.3 Å². The van der Waals surface area contributed by atoms with Crippen LogP contribution in [-0.4, -0.2) is 34.0 Å². The highest BCUT2D eigenvalue weighted by Crippen LogP contribution is 2.46. The number of carbonyl (C=O) groups excluding carboxylic acids is 1. The predicted molar refractivity (Wildman–Crippen MR) is 123 cm³/mol. The molecule has 2 aromatic rings. The average molecular weight is 435 g/mol. The molecule has 0 aromatic carbocycles. The van der Waals surface area contributed by atoms with E-state index in [-0.39, 0.29) is 17.6 Å². The molecule has 9 heteroatoms. The van der Waals surface area contributed by atoms with Crippen LogP contribution >= 0.6 is 0 Å². The van der Waals surface area contributed by atoms with E-state index in [4.69, 9.17) is 17.3 Å². The highest BCUT2D eigenvalue weighted by molar-refractivity contribution is 5.92. The number of rotatable bonds is 6. The first-order valence-electron chi connectivity index (χ1n) is 11.1. The number of amides is 1. The average Bonchev–Trinajstić information content (AvgIpc) is 3.17. The number of anilines is 2. The Balaban J connectivity index is 1.19. The Morgan fingerprint density at radius 3 is 2.88 bits per heavy atom. The SMILES string of the molecule is Cc1cc(N2CC3CC3C2)ncc1CN(N)/C=C(\N)C(=O)N[C@@H]1CCc2nc(N)ccc21. The summed E-state index contributed by atoms with van der Waals surface area (Å²) in [5, 5.41) is 4.39. The molecule has 3 heterocycles. The molecular formula is C23H30N8O. The highest BCUT2D eigenvalue weighted by Gasteiger charge is 2.45. The van der Waals surface area contributed by atoms with Crippen LogP contribution in [0, 0.1) is 18.8 Å².